The van der Waals surface area contributed by atoms with Gasteiger partial charge in [-0.15, -0.1) is 0 Å². The van der Waals surface area contributed by atoms with Gasteiger partial charge < -0.3 is 9.30 Å². The molecule has 1 heterocycles. The van der Waals surface area contributed by atoms with Gasteiger partial charge in [0.05, 0.1) is 5.69 Å². The summed E-state index contributed by atoms with van der Waals surface area (Å²) in [4.78, 5) is 4.36. The first-order valence-electron chi connectivity index (χ1n) is 4.38. The molecule has 0 aliphatic rings. The quantitative estimate of drug-likeness (QED) is 0.684. The molecule has 12 heavy (non-hydrogen) atoms. The van der Waals surface area contributed by atoms with Crippen LogP contribution in [0.25, 0.3) is 0 Å². The summed E-state index contributed by atoms with van der Waals surface area (Å²) in [6, 6.07) is 0. The van der Waals surface area contributed by atoms with E-state index in [4.69, 9.17) is 4.74 Å². The SMILES string of the molecule is CCOCc1nc(C)cn1CC. The van der Waals surface area contributed by atoms with Crippen LogP contribution in [0.1, 0.15) is 25.4 Å². The lowest BCUT2D eigenvalue weighted by atomic mass is 10.5. The van der Waals surface area contributed by atoms with Crippen LogP contribution in [0, 0.1) is 6.92 Å². The Labute approximate surface area is 73.4 Å². The smallest absolute Gasteiger partial charge is 0.135 e. The molecule has 1 aromatic heterocycles. The third kappa shape index (κ3) is 2.08. The number of hydrogen-bond acceptors (Lipinski definition) is 2. The average Bonchev–Trinajstić information content (AvgIpc) is 2.42. The lowest BCUT2D eigenvalue weighted by molar-refractivity contribution is 0.125. The molecule has 0 aromatic carbocycles. The van der Waals surface area contributed by atoms with Crippen molar-refractivity contribution in [2.45, 2.75) is 33.9 Å². The second-order valence-electron chi connectivity index (χ2n) is 2.72. The van der Waals surface area contributed by atoms with E-state index in [-0.39, 0.29) is 0 Å². The normalized spacial score (nSPS) is 10.6. The minimum absolute atomic E-state index is 0.623. The molecule has 1 aromatic rings. The van der Waals surface area contributed by atoms with Crippen LogP contribution in [0.2, 0.25) is 0 Å². The highest BCUT2D eigenvalue weighted by Gasteiger charge is 2.02. The van der Waals surface area contributed by atoms with Crippen molar-refractivity contribution >= 4 is 0 Å². The first-order valence-corrected chi connectivity index (χ1v) is 4.38. The second-order valence-corrected chi connectivity index (χ2v) is 2.72. The summed E-state index contributed by atoms with van der Waals surface area (Å²) in [5.74, 6) is 1.02. The number of hydrogen-bond donors (Lipinski definition) is 0. The van der Waals surface area contributed by atoms with Crippen molar-refractivity contribution in [3.63, 3.8) is 0 Å². The van der Waals surface area contributed by atoms with Gasteiger partial charge in [-0.25, -0.2) is 4.98 Å². The van der Waals surface area contributed by atoms with E-state index in [9.17, 15) is 0 Å². The van der Waals surface area contributed by atoms with Crippen LogP contribution in [0.5, 0.6) is 0 Å². The van der Waals surface area contributed by atoms with Crippen molar-refractivity contribution in [1.29, 1.82) is 0 Å². The fraction of sp³-hybridized carbons (Fsp3) is 0.667. The van der Waals surface area contributed by atoms with Gasteiger partial charge in [-0.3, -0.25) is 0 Å². The van der Waals surface area contributed by atoms with Gasteiger partial charge in [0.25, 0.3) is 0 Å². The topological polar surface area (TPSA) is 27.1 Å². The molecule has 0 amide bonds. The summed E-state index contributed by atoms with van der Waals surface area (Å²) in [5.41, 5.74) is 1.06. The van der Waals surface area contributed by atoms with Crippen molar-refractivity contribution in [2.24, 2.45) is 0 Å². The van der Waals surface area contributed by atoms with Gasteiger partial charge >= 0.3 is 0 Å². The molecule has 0 fully saturated rings. The molecule has 0 bridgehead atoms. The summed E-state index contributed by atoms with van der Waals surface area (Å²) in [5, 5.41) is 0. The molecule has 0 N–H and O–H groups in total. The highest BCUT2D eigenvalue weighted by molar-refractivity contribution is 5.00. The van der Waals surface area contributed by atoms with Crippen molar-refractivity contribution in [3.05, 3.63) is 17.7 Å². The minimum atomic E-state index is 0.623. The first-order chi connectivity index (χ1) is 5.77. The van der Waals surface area contributed by atoms with E-state index in [2.05, 4.69) is 16.5 Å². The monoisotopic (exact) mass is 168 g/mol. The molecule has 0 saturated heterocycles. The molecule has 0 atom stereocenters. The Kier molecular flexibility index (Phi) is 3.29. The van der Waals surface area contributed by atoms with E-state index >= 15 is 0 Å². The van der Waals surface area contributed by atoms with Gasteiger partial charge in [0, 0.05) is 19.3 Å². The number of nitrogens with zero attached hydrogens (tertiary/aromatic N) is 2. The van der Waals surface area contributed by atoms with Crippen molar-refractivity contribution in [3.8, 4) is 0 Å². The largest absolute Gasteiger partial charge is 0.374 e. The number of rotatable bonds is 4. The summed E-state index contributed by atoms with van der Waals surface area (Å²) in [7, 11) is 0. The van der Waals surface area contributed by atoms with Crippen molar-refractivity contribution < 1.29 is 4.74 Å². The van der Waals surface area contributed by atoms with Gasteiger partial charge in [-0.1, -0.05) is 0 Å². The Hall–Kier alpha value is -0.830. The molecule has 68 valence electrons. The summed E-state index contributed by atoms with van der Waals surface area (Å²) < 4.78 is 7.41. The van der Waals surface area contributed by atoms with Crippen LogP contribution >= 0.6 is 0 Å². The molecule has 0 aliphatic carbocycles. The third-order valence-electron chi connectivity index (χ3n) is 1.76. The zero-order valence-corrected chi connectivity index (χ0v) is 8.00. The van der Waals surface area contributed by atoms with Crippen LogP contribution in [0.3, 0.4) is 0 Å². The zero-order valence-electron chi connectivity index (χ0n) is 8.00. The van der Waals surface area contributed by atoms with Gasteiger partial charge in [-0.2, -0.15) is 0 Å². The predicted molar refractivity (Wildman–Crippen MR) is 48.0 cm³/mol. The second kappa shape index (κ2) is 4.26. The predicted octanol–water partition coefficient (Wildman–Crippen LogP) is 1.75. The van der Waals surface area contributed by atoms with E-state index in [1.165, 1.54) is 0 Å². The van der Waals surface area contributed by atoms with Crippen LogP contribution in [0.15, 0.2) is 6.20 Å². The summed E-state index contributed by atoms with van der Waals surface area (Å²) in [6.07, 6.45) is 2.05. The highest BCUT2D eigenvalue weighted by atomic mass is 16.5. The lowest BCUT2D eigenvalue weighted by Crippen LogP contribution is -2.03. The summed E-state index contributed by atoms with van der Waals surface area (Å²) >= 11 is 0. The Bertz CT molecular complexity index is 243. The van der Waals surface area contributed by atoms with Gasteiger partial charge in [0.2, 0.25) is 0 Å². The zero-order chi connectivity index (χ0) is 8.97. The maximum absolute atomic E-state index is 5.29. The van der Waals surface area contributed by atoms with Crippen LogP contribution < -0.4 is 0 Å². The fourth-order valence-corrected chi connectivity index (χ4v) is 1.18. The van der Waals surface area contributed by atoms with Crippen LogP contribution in [-0.4, -0.2) is 16.2 Å². The van der Waals surface area contributed by atoms with Gasteiger partial charge in [-0.05, 0) is 20.8 Å². The number of imidazole rings is 1. The number of aromatic nitrogens is 2. The number of aryl methyl sites for hydroxylation is 2. The Morgan fingerprint density at radius 3 is 2.83 bits per heavy atom. The van der Waals surface area contributed by atoms with Crippen LogP contribution in [0.4, 0.5) is 0 Å². The third-order valence-corrected chi connectivity index (χ3v) is 1.76. The maximum Gasteiger partial charge on any atom is 0.135 e. The molecule has 0 radical (unpaired) electrons. The molecule has 0 unspecified atom stereocenters. The van der Waals surface area contributed by atoms with E-state index in [1.54, 1.807) is 0 Å². The molecular weight excluding hydrogens is 152 g/mol. The van der Waals surface area contributed by atoms with Crippen LogP contribution in [-0.2, 0) is 17.9 Å². The summed E-state index contributed by atoms with van der Waals surface area (Å²) in [6.45, 7) is 8.43. The van der Waals surface area contributed by atoms with E-state index < -0.39 is 0 Å². The Balaban J connectivity index is 2.68. The Morgan fingerprint density at radius 1 is 1.50 bits per heavy atom. The Morgan fingerprint density at radius 2 is 2.25 bits per heavy atom. The molecule has 0 aliphatic heterocycles. The molecule has 0 saturated carbocycles. The average molecular weight is 168 g/mol. The molecule has 0 spiro atoms. The fourth-order valence-electron chi connectivity index (χ4n) is 1.18. The van der Waals surface area contributed by atoms with Crippen molar-refractivity contribution in [1.82, 2.24) is 9.55 Å². The molecular formula is C9H16N2O. The molecule has 1 rings (SSSR count). The van der Waals surface area contributed by atoms with E-state index in [1.807, 2.05) is 20.0 Å². The van der Waals surface area contributed by atoms with Gasteiger partial charge in [0.1, 0.15) is 12.4 Å². The van der Waals surface area contributed by atoms with Gasteiger partial charge in [0.15, 0.2) is 0 Å². The minimum Gasteiger partial charge on any atom is -0.374 e. The lowest BCUT2D eigenvalue weighted by Gasteiger charge is -2.03. The standard InChI is InChI=1S/C9H16N2O/c1-4-11-6-8(3)10-9(11)7-12-5-2/h6H,4-5,7H2,1-3H3. The van der Waals surface area contributed by atoms with Crippen molar-refractivity contribution in [2.75, 3.05) is 6.61 Å². The highest BCUT2D eigenvalue weighted by Crippen LogP contribution is 2.03. The van der Waals surface area contributed by atoms with E-state index in [0.717, 1.165) is 24.7 Å². The first kappa shape index (κ1) is 9.26. The molecule has 3 nitrogen and oxygen atoms in total. The molecule has 3 heteroatoms. The van der Waals surface area contributed by atoms with E-state index in [0.29, 0.717) is 6.61 Å². The maximum atomic E-state index is 5.29. The number of ether oxygens (including phenoxy) is 1.